The van der Waals surface area contributed by atoms with Crippen LogP contribution in [0.2, 0.25) is 0 Å². The summed E-state index contributed by atoms with van der Waals surface area (Å²) in [5.41, 5.74) is 0.480. The molecule has 122 valence electrons. The van der Waals surface area contributed by atoms with Crippen LogP contribution in [0.15, 0.2) is 36.4 Å². The van der Waals surface area contributed by atoms with Crippen LogP contribution in [0.1, 0.15) is 33.6 Å². The van der Waals surface area contributed by atoms with E-state index < -0.39 is 36.2 Å². The molecule has 0 radical (unpaired) electrons. The van der Waals surface area contributed by atoms with Crippen molar-refractivity contribution in [3.63, 3.8) is 0 Å². The van der Waals surface area contributed by atoms with Gasteiger partial charge in [0.25, 0.3) is 11.8 Å². The molecule has 2 aromatic carbocycles. The summed E-state index contributed by atoms with van der Waals surface area (Å²) in [7, 11) is 0. The second-order valence-corrected chi connectivity index (χ2v) is 5.48. The highest BCUT2D eigenvalue weighted by atomic mass is 16.4. The zero-order valence-electron chi connectivity index (χ0n) is 12.4. The number of imide groups is 1. The lowest BCUT2D eigenvalue weighted by Gasteiger charge is -2.31. The molecule has 0 aliphatic carbocycles. The van der Waals surface area contributed by atoms with E-state index in [1.54, 1.807) is 24.3 Å². The number of nitrogens with zero attached hydrogens (tertiary/aromatic N) is 1. The monoisotopic (exact) mass is 327 g/mol. The molecule has 3 rings (SSSR count). The normalized spacial score (nSPS) is 14.8. The highest BCUT2D eigenvalue weighted by molar-refractivity contribution is 6.26. The summed E-state index contributed by atoms with van der Waals surface area (Å²) in [5.74, 6) is -4.05. The van der Waals surface area contributed by atoms with Crippen LogP contribution in [0.3, 0.4) is 0 Å². The van der Waals surface area contributed by atoms with E-state index >= 15 is 0 Å². The molecule has 2 amide bonds. The van der Waals surface area contributed by atoms with Crippen molar-refractivity contribution in [2.24, 2.45) is 0 Å². The van der Waals surface area contributed by atoms with Crippen molar-refractivity contribution in [3.8, 4) is 0 Å². The second-order valence-electron chi connectivity index (χ2n) is 5.48. The van der Waals surface area contributed by atoms with Gasteiger partial charge in [-0.1, -0.05) is 24.3 Å². The van der Waals surface area contributed by atoms with Crippen molar-refractivity contribution in [3.05, 3.63) is 47.5 Å². The first-order valence-electron chi connectivity index (χ1n) is 7.26. The Kier molecular flexibility index (Phi) is 3.76. The van der Waals surface area contributed by atoms with Gasteiger partial charge in [0.15, 0.2) is 0 Å². The Morgan fingerprint density at radius 2 is 1.50 bits per heavy atom. The largest absolute Gasteiger partial charge is 0.481 e. The molecule has 0 saturated carbocycles. The predicted octanol–water partition coefficient (Wildman–Crippen LogP) is 1.75. The second kappa shape index (κ2) is 5.77. The maximum absolute atomic E-state index is 12.7. The van der Waals surface area contributed by atoms with Crippen molar-refractivity contribution in [1.82, 2.24) is 4.90 Å². The lowest BCUT2D eigenvalue weighted by atomic mass is 9.92. The fourth-order valence-corrected chi connectivity index (χ4v) is 2.96. The summed E-state index contributed by atoms with van der Waals surface area (Å²) in [5, 5.41) is 19.4. The van der Waals surface area contributed by atoms with Crippen LogP contribution >= 0.6 is 0 Å². The summed E-state index contributed by atoms with van der Waals surface area (Å²) in [6.45, 7) is 0. The number of aliphatic carboxylic acids is 2. The van der Waals surface area contributed by atoms with Gasteiger partial charge in [-0.15, -0.1) is 0 Å². The van der Waals surface area contributed by atoms with E-state index in [0.29, 0.717) is 15.7 Å². The average molecular weight is 327 g/mol. The Hall–Kier alpha value is -3.22. The quantitative estimate of drug-likeness (QED) is 0.809. The summed E-state index contributed by atoms with van der Waals surface area (Å²) in [6.07, 6.45) is -0.805. The van der Waals surface area contributed by atoms with Crippen LogP contribution in [0.5, 0.6) is 0 Å². The molecular weight excluding hydrogens is 314 g/mol. The van der Waals surface area contributed by atoms with E-state index in [-0.39, 0.29) is 17.5 Å². The molecule has 0 spiro atoms. The number of benzene rings is 2. The molecule has 1 aliphatic heterocycles. The first-order valence-corrected chi connectivity index (χ1v) is 7.26. The molecule has 7 heteroatoms. The number of carboxylic acids is 2. The summed E-state index contributed by atoms with van der Waals surface area (Å²) < 4.78 is 0. The Labute approximate surface area is 136 Å². The number of carboxylic acid groups (broad SMARTS) is 2. The highest BCUT2D eigenvalue weighted by Crippen LogP contribution is 2.31. The summed E-state index contributed by atoms with van der Waals surface area (Å²) in [4.78, 5) is 48.3. The maximum Gasteiger partial charge on any atom is 0.326 e. The molecule has 2 N–H and O–H groups in total. The van der Waals surface area contributed by atoms with Crippen molar-refractivity contribution in [1.29, 1.82) is 0 Å². The van der Waals surface area contributed by atoms with Crippen LogP contribution in [-0.4, -0.2) is 44.9 Å². The fourth-order valence-electron chi connectivity index (χ4n) is 2.96. The van der Waals surface area contributed by atoms with Gasteiger partial charge < -0.3 is 10.2 Å². The molecule has 0 bridgehead atoms. The topological polar surface area (TPSA) is 112 Å². The number of carbonyl (C=O) groups is 4. The van der Waals surface area contributed by atoms with Gasteiger partial charge in [0.1, 0.15) is 6.04 Å². The molecular formula is C17H13NO6. The smallest absolute Gasteiger partial charge is 0.326 e. The minimum absolute atomic E-state index is 0.240. The minimum Gasteiger partial charge on any atom is -0.481 e. The maximum atomic E-state index is 12.7. The molecule has 2 aromatic rings. The molecule has 0 fully saturated rings. The standard InChI is InChI=1S/C17H13NO6/c19-13(20)8-7-12(17(23)24)18-15(21)10-5-1-3-9-4-2-6-11(14(9)10)16(18)22/h1-6,12H,7-8H2,(H,19,20)(H,23,24). The lowest BCUT2D eigenvalue weighted by Crippen LogP contribution is -2.50. The highest BCUT2D eigenvalue weighted by Gasteiger charge is 2.40. The first kappa shape index (κ1) is 15.7. The molecule has 24 heavy (non-hydrogen) atoms. The van der Waals surface area contributed by atoms with Gasteiger partial charge in [-0.2, -0.15) is 0 Å². The van der Waals surface area contributed by atoms with Crippen LogP contribution < -0.4 is 0 Å². The van der Waals surface area contributed by atoms with Gasteiger partial charge in [-0.3, -0.25) is 19.3 Å². The van der Waals surface area contributed by atoms with Gasteiger partial charge in [-0.25, -0.2) is 4.79 Å². The van der Waals surface area contributed by atoms with E-state index in [9.17, 15) is 24.3 Å². The van der Waals surface area contributed by atoms with Gasteiger partial charge >= 0.3 is 11.9 Å². The van der Waals surface area contributed by atoms with E-state index in [0.717, 1.165) is 0 Å². The van der Waals surface area contributed by atoms with Gasteiger partial charge in [-0.05, 0) is 23.9 Å². The van der Waals surface area contributed by atoms with Gasteiger partial charge in [0.2, 0.25) is 0 Å². The van der Waals surface area contributed by atoms with E-state index in [1.807, 2.05) is 0 Å². The minimum atomic E-state index is -1.52. The number of amides is 2. The number of carbonyl (C=O) groups excluding carboxylic acids is 2. The molecule has 0 aromatic heterocycles. The van der Waals surface area contributed by atoms with Gasteiger partial charge in [0, 0.05) is 22.9 Å². The molecule has 1 unspecified atom stereocenters. The molecule has 1 aliphatic rings. The van der Waals surface area contributed by atoms with Crippen molar-refractivity contribution >= 4 is 34.5 Å². The van der Waals surface area contributed by atoms with Gasteiger partial charge in [0.05, 0.1) is 0 Å². The summed E-state index contributed by atoms with van der Waals surface area (Å²) in [6, 6.07) is 8.37. The van der Waals surface area contributed by atoms with Crippen LogP contribution in [0.4, 0.5) is 0 Å². The zero-order valence-corrected chi connectivity index (χ0v) is 12.4. The van der Waals surface area contributed by atoms with Crippen LogP contribution in [-0.2, 0) is 9.59 Å². The van der Waals surface area contributed by atoms with Crippen molar-refractivity contribution < 1.29 is 29.4 Å². The SMILES string of the molecule is O=C(O)CCC(C(=O)O)N1C(=O)c2cccc3cccc(c23)C1=O. The molecule has 1 atom stereocenters. The van der Waals surface area contributed by atoms with E-state index in [4.69, 9.17) is 5.11 Å². The number of rotatable bonds is 5. The molecule has 0 saturated heterocycles. The third-order valence-electron chi connectivity index (χ3n) is 4.03. The van der Waals surface area contributed by atoms with Crippen molar-refractivity contribution in [2.75, 3.05) is 0 Å². The summed E-state index contributed by atoms with van der Waals surface area (Å²) >= 11 is 0. The Bertz CT molecular complexity index is 837. The first-order chi connectivity index (χ1) is 11.4. The Morgan fingerprint density at radius 3 is 1.96 bits per heavy atom. The van der Waals surface area contributed by atoms with E-state index in [1.165, 1.54) is 12.1 Å². The average Bonchev–Trinajstić information content (AvgIpc) is 2.54. The number of hydrogen-bond donors (Lipinski definition) is 2. The number of hydrogen-bond acceptors (Lipinski definition) is 4. The third kappa shape index (κ3) is 2.40. The lowest BCUT2D eigenvalue weighted by molar-refractivity contribution is -0.142. The third-order valence-corrected chi connectivity index (χ3v) is 4.03. The van der Waals surface area contributed by atoms with E-state index in [2.05, 4.69) is 0 Å². The van der Waals surface area contributed by atoms with Crippen LogP contribution in [0.25, 0.3) is 10.8 Å². The Balaban J connectivity index is 2.11. The molecule has 1 heterocycles. The fraction of sp³-hybridized carbons (Fsp3) is 0.176. The van der Waals surface area contributed by atoms with Crippen LogP contribution in [0, 0.1) is 0 Å². The van der Waals surface area contributed by atoms with Crippen molar-refractivity contribution in [2.45, 2.75) is 18.9 Å². The predicted molar refractivity (Wildman–Crippen MR) is 82.7 cm³/mol. The molecule has 7 nitrogen and oxygen atoms in total. The Morgan fingerprint density at radius 1 is 0.958 bits per heavy atom. The zero-order chi connectivity index (χ0) is 17.4.